The first-order valence-electron chi connectivity index (χ1n) is 13.1. The Morgan fingerprint density at radius 1 is 1.00 bits per heavy atom. The first-order valence-corrected chi connectivity index (χ1v) is 13.1. The zero-order valence-electron chi connectivity index (χ0n) is 23.5. The van der Waals surface area contributed by atoms with E-state index < -0.39 is 54.5 Å². The molecule has 3 aromatic rings. The summed E-state index contributed by atoms with van der Waals surface area (Å²) in [4.78, 5) is 53.2. The Bertz CT molecular complexity index is 1430. The summed E-state index contributed by atoms with van der Waals surface area (Å²) in [5.41, 5.74) is 5.73. The number of aliphatic hydroxyl groups is 1. The van der Waals surface area contributed by atoms with Gasteiger partial charge in [0.05, 0.1) is 13.0 Å². The number of aliphatic hydroxyl groups excluding tert-OH is 1. The summed E-state index contributed by atoms with van der Waals surface area (Å²) in [6.07, 6.45) is -1.54. The van der Waals surface area contributed by atoms with Crippen LogP contribution in [0.25, 0.3) is 10.8 Å². The predicted molar refractivity (Wildman–Crippen MR) is 154 cm³/mol. The summed E-state index contributed by atoms with van der Waals surface area (Å²) in [7, 11) is 0. The fourth-order valence-electron chi connectivity index (χ4n) is 4.32. The molecule has 0 saturated heterocycles. The zero-order chi connectivity index (χ0) is 30.3. The molecule has 0 aliphatic rings. The van der Waals surface area contributed by atoms with Gasteiger partial charge in [-0.3, -0.25) is 14.4 Å². The molecule has 2 unspecified atom stereocenters. The second-order valence-electron chi connectivity index (χ2n) is 10.6. The molecule has 41 heavy (non-hydrogen) atoms. The van der Waals surface area contributed by atoms with Crippen molar-refractivity contribution in [3.05, 3.63) is 71.8 Å². The number of hydrogen-bond donors (Lipinski definition) is 5. The van der Waals surface area contributed by atoms with Crippen molar-refractivity contribution in [3.8, 4) is 5.75 Å². The summed E-state index contributed by atoms with van der Waals surface area (Å²) in [6, 6.07) is 14.5. The molecular weight excluding hydrogens is 528 g/mol. The molecule has 218 valence electrons. The number of primary amides is 1. The smallest absolute Gasteiger partial charge is 0.408 e. The Kier molecular flexibility index (Phi) is 9.90. The number of nitrogens with one attached hydrogen (secondary N) is 2. The van der Waals surface area contributed by atoms with Crippen LogP contribution in [0.1, 0.15) is 44.4 Å². The van der Waals surface area contributed by atoms with Crippen molar-refractivity contribution in [3.63, 3.8) is 0 Å². The van der Waals surface area contributed by atoms with Gasteiger partial charge in [-0.15, -0.1) is 0 Å². The summed E-state index contributed by atoms with van der Waals surface area (Å²) < 4.78 is 5.25. The van der Waals surface area contributed by atoms with Gasteiger partial charge >= 0.3 is 6.09 Å². The van der Waals surface area contributed by atoms with E-state index in [0.717, 1.165) is 15.7 Å². The molecule has 0 aromatic heterocycles. The van der Waals surface area contributed by atoms with Crippen LogP contribution >= 0.6 is 0 Å². The number of alkyl carbamates (subject to hydrolysis) is 1. The number of aromatic hydroxyl groups is 1. The van der Waals surface area contributed by atoms with Crippen LogP contribution in [-0.2, 0) is 19.1 Å². The standard InChI is InChI=1S/C30H36N4O7/c1-18-15-21(10-12-24(18)36)26(27(38)32-22-11-9-19-7-5-6-8-20(19)16-22)34(13-14-35)28(39)23(17-25(31)37)33-29(40)41-30(2,3)4/h5-12,15-16,23,26,35-36H,13-14,17H2,1-4H3,(H2,31,37)(H,32,38)(H,33,40). The van der Waals surface area contributed by atoms with Crippen LogP contribution in [-0.4, -0.2) is 63.7 Å². The van der Waals surface area contributed by atoms with Crippen molar-refractivity contribution in [2.75, 3.05) is 18.5 Å². The average molecular weight is 565 g/mol. The fourth-order valence-corrected chi connectivity index (χ4v) is 4.32. The summed E-state index contributed by atoms with van der Waals surface area (Å²) in [6.45, 7) is 5.69. The first-order chi connectivity index (χ1) is 19.3. The van der Waals surface area contributed by atoms with E-state index in [-0.39, 0.29) is 12.3 Å². The highest BCUT2D eigenvalue weighted by atomic mass is 16.6. The van der Waals surface area contributed by atoms with Crippen molar-refractivity contribution in [1.82, 2.24) is 10.2 Å². The Labute approximate surface area is 238 Å². The number of carbonyl (C=O) groups is 4. The van der Waals surface area contributed by atoms with Gasteiger partial charge in [-0.05, 0) is 73.9 Å². The van der Waals surface area contributed by atoms with Crippen LogP contribution in [0.15, 0.2) is 60.7 Å². The fraction of sp³-hybridized carbons (Fsp3) is 0.333. The maximum atomic E-state index is 13.9. The number of ether oxygens (including phenoxy) is 1. The Morgan fingerprint density at radius 2 is 1.68 bits per heavy atom. The van der Waals surface area contributed by atoms with Crippen LogP contribution in [0.2, 0.25) is 0 Å². The zero-order valence-corrected chi connectivity index (χ0v) is 23.5. The third kappa shape index (κ3) is 8.42. The van der Waals surface area contributed by atoms with Crippen LogP contribution < -0.4 is 16.4 Å². The first kappa shape index (κ1) is 30.9. The van der Waals surface area contributed by atoms with E-state index in [2.05, 4.69) is 10.6 Å². The summed E-state index contributed by atoms with van der Waals surface area (Å²) >= 11 is 0. The molecule has 11 nitrogen and oxygen atoms in total. The van der Waals surface area contributed by atoms with Gasteiger partial charge in [-0.2, -0.15) is 0 Å². The number of carbonyl (C=O) groups excluding carboxylic acids is 4. The number of rotatable bonds is 10. The van der Waals surface area contributed by atoms with E-state index in [1.807, 2.05) is 30.3 Å². The monoisotopic (exact) mass is 564 g/mol. The Balaban J connectivity index is 2.03. The molecule has 0 radical (unpaired) electrons. The minimum absolute atomic E-state index is 0.0133. The number of fused-ring (bicyclic) bond motifs is 1. The molecule has 3 aromatic carbocycles. The number of hydrogen-bond acceptors (Lipinski definition) is 7. The number of phenolic OH excluding ortho intramolecular Hbond substituents is 1. The highest BCUT2D eigenvalue weighted by molar-refractivity contribution is 6.01. The molecule has 0 spiro atoms. The van der Waals surface area contributed by atoms with E-state index in [1.54, 1.807) is 45.9 Å². The van der Waals surface area contributed by atoms with Gasteiger partial charge in [0.15, 0.2) is 0 Å². The molecular formula is C30H36N4O7. The van der Waals surface area contributed by atoms with Gasteiger partial charge in [0.2, 0.25) is 11.8 Å². The maximum Gasteiger partial charge on any atom is 0.408 e. The second-order valence-corrected chi connectivity index (χ2v) is 10.6. The number of phenols is 1. The quantitative estimate of drug-likeness (QED) is 0.252. The highest BCUT2D eigenvalue weighted by Crippen LogP contribution is 2.29. The predicted octanol–water partition coefficient (Wildman–Crippen LogP) is 3.12. The molecule has 0 heterocycles. The average Bonchev–Trinajstić information content (AvgIpc) is 2.88. The number of aryl methyl sites for hydroxylation is 1. The van der Waals surface area contributed by atoms with Crippen molar-refractivity contribution < 1.29 is 34.1 Å². The van der Waals surface area contributed by atoms with Gasteiger partial charge in [0.1, 0.15) is 23.4 Å². The van der Waals surface area contributed by atoms with Gasteiger partial charge in [0, 0.05) is 12.2 Å². The lowest BCUT2D eigenvalue weighted by molar-refractivity contribution is -0.142. The van der Waals surface area contributed by atoms with Gasteiger partial charge < -0.3 is 36.2 Å². The lowest BCUT2D eigenvalue weighted by Crippen LogP contribution is -2.54. The summed E-state index contributed by atoms with van der Waals surface area (Å²) in [5.74, 6) is -2.35. The topological polar surface area (TPSA) is 171 Å². The van der Waals surface area contributed by atoms with Crippen LogP contribution in [0.5, 0.6) is 5.75 Å². The van der Waals surface area contributed by atoms with Gasteiger partial charge in [-0.25, -0.2) is 4.79 Å². The Hall–Kier alpha value is -4.64. The molecule has 11 heteroatoms. The third-order valence-corrected chi connectivity index (χ3v) is 6.13. The molecule has 0 aliphatic heterocycles. The minimum Gasteiger partial charge on any atom is -0.508 e. The summed E-state index contributed by atoms with van der Waals surface area (Å²) in [5, 5.41) is 27.1. The number of nitrogens with two attached hydrogens (primary N) is 1. The molecule has 0 bridgehead atoms. The number of anilines is 1. The molecule has 3 rings (SSSR count). The molecule has 2 atom stereocenters. The molecule has 4 amide bonds. The second kappa shape index (κ2) is 13.1. The SMILES string of the molecule is Cc1cc(C(C(=O)Nc2ccc3ccccc3c2)N(CCO)C(=O)C(CC(N)=O)NC(=O)OC(C)(C)C)ccc1O. The Morgan fingerprint density at radius 3 is 2.29 bits per heavy atom. The van der Waals surface area contributed by atoms with E-state index in [9.17, 15) is 29.4 Å². The van der Waals surface area contributed by atoms with E-state index in [4.69, 9.17) is 10.5 Å². The van der Waals surface area contributed by atoms with Crippen molar-refractivity contribution in [1.29, 1.82) is 0 Å². The van der Waals surface area contributed by atoms with Crippen molar-refractivity contribution in [2.45, 2.75) is 51.8 Å². The highest BCUT2D eigenvalue weighted by Gasteiger charge is 2.37. The number of amides is 4. The molecule has 6 N–H and O–H groups in total. The van der Waals surface area contributed by atoms with E-state index in [0.29, 0.717) is 16.8 Å². The van der Waals surface area contributed by atoms with Crippen LogP contribution in [0, 0.1) is 6.92 Å². The van der Waals surface area contributed by atoms with Crippen LogP contribution in [0.4, 0.5) is 10.5 Å². The van der Waals surface area contributed by atoms with Crippen molar-refractivity contribution in [2.24, 2.45) is 5.73 Å². The normalized spacial score (nSPS) is 12.7. The van der Waals surface area contributed by atoms with Gasteiger partial charge in [-0.1, -0.05) is 36.4 Å². The third-order valence-electron chi connectivity index (χ3n) is 6.13. The molecule has 0 fully saturated rings. The number of nitrogens with zero attached hydrogens (tertiary/aromatic N) is 1. The van der Waals surface area contributed by atoms with E-state index in [1.165, 1.54) is 12.1 Å². The lowest BCUT2D eigenvalue weighted by Gasteiger charge is -2.34. The maximum absolute atomic E-state index is 13.9. The number of benzene rings is 3. The van der Waals surface area contributed by atoms with E-state index >= 15 is 0 Å². The molecule has 0 aliphatic carbocycles. The van der Waals surface area contributed by atoms with Crippen molar-refractivity contribution >= 4 is 40.3 Å². The van der Waals surface area contributed by atoms with Crippen LogP contribution in [0.3, 0.4) is 0 Å². The lowest BCUT2D eigenvalue weighted by atomic mass is 9.99. The van der Waals surface area contributed by atoms with Gasteiger partial charge in [0.25, 0.3) is 5.91 Å². The molecule has 0 saturated carbocycles. The largest absolute Gasteiger partial charge is 0.508 e. The minimum atomic E-state index is -1.48.